The average Bonchev–Trinajstić information content (AvgIpc) is 3.30. The first-order valence-corrected chi connectivity index (χ1v) is 13.3. The van der Waals surface area contributed by atoms with Crippen LogP contribution in [0.1, 0.15) is 26.5 Å². The highest BCUT2D eigenvalue weighted by Gasteiger charge is 2.55. The summed E-state index contributed by atoms with van der Waals surface area (Å²) in [5.74, 6) is -2.98. The number of aromatic nitrogens is 1. The van der Waals surface area contributed by atoms with Crippen molar-refractivity contribution < 1.29 is 43.4 Å². The van der Waals surface area contributed by atoms with Gasteiger partial charge in [-0.1, -0.05) is 5.16 Å². The standard InChI is InChI=1S/C22H28N6O9S2/c1-22(2,3)19(32)37-9-36-18(31)14-10(6-35-21(33)27(4)5)7-38-17-13(16(30)28(14)17)25-15(29)12(26-34)11-8-39-20(23)24-11/h8,13,17,34H,6-7,9H2,1-5H3,(H2,23,24)(H,25,29)/b26-12-/t13-,17-/m1/s1. The van der Waals surface area contributed by atoms with Crippen molar-refractivity contribution in [2.75, 3.05) is 39.0 Å². The lowest BCUT2D eigenvalue weighted by molar-refractivity contribution is -0.173. The van der Waals surface area contributed by atoms with Crippen molar-refractivity contribution in [3.05, 3.63) is 22.3 Å². The normalized spacial score (nSPS) is 19.1. The minimum atomic E-state index is -1.08. The van der Waals surface area contributed by atoms with Gasteiger partial charge in [0.1, 0.15) is 29.4 Å². The van der Waals surface area contributed by atoms with E-state index in [9.17, 15) is 29.2 Å². The van der Waals surface area contributed by atoms with E-state index < -0.39 is 59.2 Å². The van der Waals surface area contributed by atoms with Crippen molar-refractivity contribution in [1.82, 2.24) is 20.1 Å². The van der Waals surface area contributed by atoms with E-state index in [1.165, 1.54) is 36.1 Å². The summed E-state index contributed by atoms with van der Waals surface area (Å²) in [4.78, 5) is 69.1. The molecule has 2 atom stereocenters. The monoisotopic (exact) mass is 584 g/mol. The third-order valence-electron chi connectivity index (χ3n) is 5.33. The Bertz CT molecular complexity index is 1240. The maximum Gasteiger partial charge on any atom is 0.409 e. The lowest BCUT2D eigenvalue weighted by atomic mass is 9.98. The first-order chi connectivity index (χ1) is 18.3. The second kappa shape index (κ2) is 11.9. The summed E-state index contributed by atoms with van der Waals surface area (Å²) in [5, 5.41) is 15.6. The van der Waals surface area contributed by atoms with Gasteiger partial charge in [-0.05, 0) is 20.8 Å². The molecule has 1 saturated heterocycles. The van der Waals surface area contributed by atoms with E-state index in [0.29, 0.717) is 0 Å². The highest BCUT2D eigenvalue weighted by molar-refractivity contribution is 8.00. The summed E-state index contributed by atoms with van der Waals surface area (Å²) < 4.78 is 15.3. The van der Waals surface area contributed by atoms with Crippen molar-refractivity contribution in [1.29, 1.82) is 0 Å². The summed E-state index contributed by atoms with van der Waals surface area (Å²) in [6, 6.07) is -1.08. The molecule has 3 rings (SSSR count). The van der Waals surface area contributed by atoms with Gasteiger partial charge < -0.3 is 35.4 Å². The van der Waals surface area contributed by atoms with Gasteiger partial charge in [0, 0.05) is 30.8 Å². The van der Waals surface area contributed by atoms with Crippen LogP contribution in [-0.4, -0.2) is 100 Å². The number of hydrogen-bond donors (Lipinski definition) is 3. The summed E-state index contributed by atoms with van der Waals surface area (Å²) in [6.07, 6.45) is -0.667. The Hall–Kier alpha value is -3.86. The predicted octanol–water partition coefficient (Wildman–Crippen LogP) is 0.346. The van der Waals surface area contributed by atoms with Crippen LogP contribution in [0.25, 0.3) is 0 Å². The topological polar surface area (TPSA) is 203 Å². The van der Waals surface area contributed by atoms with Crippen LogP contribution in [0.5, 0.6) is 0 Å². The SMILES string of the molecule is CN(C)C(=O)OCC1=C(C(=O)OCOC(=O)C(C)(C)C)N2C(=O)[C@@H](NC(=O)/C(=N\O)c3csc(N)n3)[C@H]2SC1. The molecule has 0 aliphatic carbocycles. The molecular formula is C22H28N6O9S2. The zero-order chi connectivity index (χ0) is 29.1. The average molecular weight is 585 g/mol. The summed E-state index contributed by atoms with van der Waals surface area (Å²) in [5.41, 5.74) is 4.42. The smallest absolute Gasteiger partial charge is 0.409 e. The quantitative estimate of drug-likeness (QED) is 0.0946. The van der Waals surface area contributed by atoms with Gasteiger partial charge in [-0.3, -0.25) is 19.3 Å². The minimum Gasteiger partial charge on any atom is -0.445 e. The molecule has 39 heavy (non-hydrogen) atoms. The van der Waals surface area contributed by atoms with Gasteiger partial charge in [-0.25, -0.2) is 14.6 Å². The maximum absolute atomic E-state index is 13.1. The molecule has 3 heterocycles. The molecule has 2 aliphatic heterocycles. The number of hydrogen-bond acceptors (Lipinski definition) is 14. The Morgan fingerprint density at radius 3 is 2.51 bits per heavy atom. The molecule has 1 aromatic heterocycles. The van der Waals surface area contributed by atoms with Gasteiger partial charge in [0.05, 0.1) is 5.41 Å². The van der Waals surface area contributed by atoms with Crippen molar-refractivity contribution in [2.45, 2.75) is 32.2 Å². The molecule has 1 fully saturated rings. The fourth-order valence-corrected chi connectivity index (χ4v) is 5.18. The number of amides is 3. The van der Waals surface area contributed by atoms with Crippen molar-refractivity contribution >= 4 is 63.8 Å². The van der Waals surface area contributed by atoms with Crippen LogP contribution in [0.4, 0.5) is 9.93 Å². The van der Waals surface area contributed by atoms with E-state index in [1.807, 2.05) is 0 Å². The second-order valence-corrected chi connectivity index (χ2v) is 11.5. The van der Waals surface area contributed by atoms with Crippen LogP contribution in [0.2, 0.25) is 0 Å². The molecule has 0 radical (unpaired) electrons. The number of anilines is 1. The molecule has 3 amide bonds. The molecule has 2 aliphatic rings. The number of nitrogens with one attached hydrogen (secondary N) is 1. The van der Waals surface area contributed by atoms with E-state index in [2.05, 4.69) is 15.5 Å². The number of rotatable bonds is 8. The van der Waals surface area contributed by atoms with Gasteiger partial charge in [-0.2, -0.15) is 0 Å². The first kappa shape index (κ1) is 29.7. The Morgan fingerprint density at radius 1 is 1.26 bits per heavy atom. The summed E-state index contributed by atoms with van der Waals surface area (Å²) >= 11 is 2.24. The first-order valence-electron chi connectivity index (χ1n) is 11.4. The molecule has 0 unspecified atom stereocenters. The molecule has 17 heteroatoms. The van der Waals surface area contributed by atoms with Crippen LogP contribution in [-0.2, 0) is 33.4 Å². The third kappa shape index (κ3) is 6.59. The van der Waals surface area contributed by atoms with Crippen LogP contribution >= 0.6 is 23.1 Å². The van der Waals surface area contributed by atoms with Crippen molar-refractivity contribution in [2.24, 2.45) is 10.6 Å². The summed E-state index contributed by atoms with van der Waals surface area (Å²) in [6.45, 7) is 3.88. The molecule has 0 spiro atoms. The van der Waals surface area contributed by atoms with Crippen LogP contribution < -0.4 is 11.1 Å². The zero-order valence-electron chi connectivity index (χ0n) is 21.7. The van der Waals surface area contributed by atoms with Gasteiger partial charge in [0.2, 0.25) is 6.79 Å². The highest BCUT2D eigenvalue weighted by Crippen LogP contribution is 2.41. The van der Waals surface area contributed by atoms with Crippen molar-refractivity contribution in [3.63, 3.8) is 0 Å². The molecule has 1 aromatic rings. The number of nitrogen functional groups attached to an aromatic ring is 1. The fourth-order valence-electron chi connectivity index (χ4n) is 3.30. The summed E-state index contributed by atoms with van der Waals surface area (Å²) in [7, 11) is 2.97. The van der Waals surface area contributed by atoms with Gasteiger partial charge in [0.25, 0.3) is 11.8 Å². The second-order valence-electron chi connectivity index (χ2n) is 9.51. The number of carbonyl (C=O) groups excluding carboxylic acids is 5. The number of esters is 2. The van der Waals surface area contributed by atoms with Gasteiger partial charge >= 0.3 is 18.0 Å². The number of thiazole rings is 1. The molecule has 0 saturated carbocycles. The van der Waals surface area contributed by atoms with E-state index in [1.54, 1.807) is 20.8 Å². The number of oxime groups is 1. The minimum absolute atomic E-state index is 0.0244. The predicted molar refractivity (Wildman–Crippen MR) is 138 cm³/mol. The van der Waals surface area contributed by atoms with E-state index in [4.69, 9.17) is 19.9 Å². The number of nitrogens with two attached hydrogens (primary N) is 1. The fraction of sp³-hybridized carbons (Fsp3) is 0.500. The number of fused-ring (bicyclic) bond motifs is 1. The Morgan fingerprint density at radius 2 is 1.95 bits per heavy atom. The number of β-lactam (4-membered cyclic amide) rings is 1. The molecule has 212 valence electrons. The van der Waals surface area contributed by atoms with Crippen LogP contribution in [0.3, 0.4) is 0 Å². The molecule has 0 aromatic carbocycles. The van der Waals surface area contributed by atoms with E-state index in [0.717, 1.165) is 16.2 Å². The molecule has 4 N–H and O–H groups in total. The van der Waals surface area contributed by atoms with Crippen LogP contribution in [0.15, 0.2) is 21.8 Å². The highest BCUT2D eigenvalue weighted by atomic mass is 32.2. The van der Waals surface area contributed by atoms with Gasteiger partial charge in [-0.15, -0.1) is 23.1 Å². The Balaban J connectivity index is 1.77. The molecule has 15 nitrogen and oxygen atoms in total. The maximum atomic E-state index is 13.1. The Labute approximate surface area is 231 Å². The van der Waals surface area contributed by atoms with E-state index in [-0.39, 0.29) is 34.5 Å². The molecular weight excluding hydrogens is 556 g/mol. The lowest BCUT2D eigenvalue weighted by Crippen LogP contribution is -2.71. The number of carbonyl (C=O) groups is 5. The van der Waals surface area contributed by atoms with Gasteiger partial charge in [0.15, 0.2) is 10.8 Å². The van der Waals surface area contributed by atoms with Crippen molar-refractivity contribution in [3.8, 4) is 0 Å². The Kier molecular flexibility index (Phi) is 9.06. The van der Waals surface area contributed by atoms with Crippen LogP contribution in [0, 0.1) is 5.41 Å². The lowest BCUT2D eigenvalue weighted by Gasteiger charge is -2.49. The largest absolute Gasteiger partial charge is 0.445 e. The van der Waals surface area contributed by atoms with E-state index >= 15 is 0 Å². The number of ether oxygens (including phenoxy) is 3. The number of nitrogens with zero attached hydrogens (tertiary/aromatic N) is 4. The number of thioether (sulfide) groups is 1. The zero-order valence-corrected chi connectivity index (χ0v) is 23.4. The third-order valence-corrected chi connectivity index (χ3v) is 7.35. The molecule has 0 bridgehead atoms.